The fourth-order valence-corrected chi connectivity index (χ4v) is 2.99. The number of benzene rings is 1. The fourth-order valence-electron chi connectivity index (χ4n) is 2.99. The van der Waals surface area contributed by atoms with Gasteiger partial charge in [-0.3, -0.25) is 4.90 Å². The second-order valence-electron chi connectivity index (χ2n) is 5.16. The molecule has 0 aliphatic carbocycles. The molecule has 0 saturated carbocycles. The van der Waals surface area contributed by atoms with E-state index in [0.717, 1.165) is 38.3 Å². The number of halogens is 1. The molecule has 112 valence electrons. The molecule has 1 saturated heterocycles. The first-order valence-corrected chi connectivity index (χ1v) is 7.22. The van der Waals surface area contributed by atoms with Gasteiger partial charge in [-0.25, -0.2) is 4.39 Å². The third-order valence-corrected chi connectivity index (χ3v) is 4.13. The molecule has 1 heterocycles. The van der Waals surface area contributed by atoms with Crippen molar-refractivity contribution in [2.45, 2.75) is 26.3 Å². The quantitative estimate of drug-likeness (QED) is 0.841. The summed E-state index contributed by atoms with van der Waals surface area (Å²) >= 11 is 0. The van der Waals surface area contributed by atoms with Gasteiger partial charge < -0.3 is 15.4 Å². The Morgan fingerprint density at radius 1 is 1.40 bits per heavy atom. The average molecular weight is 281 g/mol. The number of nitrogens with two attached hydrogens (primary N) is 1. The van der Waals surface area contributed by atoms with Gasteiger partial charge in [-0.2, -0.15) is 0 Å². The zero-order chi connectivity index (χ0) is 14.7. The molecule has 2 rings (SSSR count). The molecule has 5 heteroatoms. The van der Waals surface area contributed by atoms with Gasteiger partial charge in [0.15, 0.2) is 11.6 Å². The van der Waals surface area contributed by atoms with E-state index < -0.39 is 5.82 Å². The number of nitrogen functional groups attached to an aromatic ring is 1. The number of ether oxygens (including phenoxy) is 1. The summed E-state index contributed by atoms with van der Waals surface area (Å²) in [5, 5.41) is 0. The summed E-state index contributed by atoms with van der Waals surface area (Å²) in [6.45, 7) is 8.35. The number of hydrogen-bond acceptors (Lipinski definition) is 4. The summed E-state index contributed by atoms with van der Waals surface area (Å²) < 4.78 is 18.6. The van der Waals surface area contributed by atoms with Crippen molar-refractivity contribution in [2.24, 2.45) is 0 Å². The topological polar surface area (TPSA) is 41.7 Å². The van der Waals surface area contributed by atoms with E-state index in [1.807, 2.05) is 0 Å². The molecule has 1 atom stereocenters. The van der Waals surface area contributed by atoms with Gasteiger partial charge in [-0.1, -0.05) is 13.8 Å². The number of rotatable bonds is 5. The van der Waals surface area contributed by atoms with Gasteiger partial charge in [0.1, 0.15) is 0 Å². The van der Waals surface area contributed by atoms with Crippen molar-refractivity contribution in [3.63, 3.8) is 0 Å². The highest BCUT2D eigenvalue weighted by molar-refractivity contribution is 5.70. The van der Waals surface area contributed by atoms with Crippen LogP contribution in [0.15, 0.2) is 12.1 Å². The molecule has 1 aliphatic rings. The Labute approximate surface area is 120 Å². The lowest BCUT2D eigenvalue weighted by Gasteiger charge is -2.27. The van der Waals surface area contributed by atoms with Crippen molar-refractivity contribution in [1.82, 2.24) is 4.90 Å². The molecular weight excluding hydrogens is 257 g/mol. The maximum absolute atomic E-state index is 13.6. The summed E-state index contributed by atoms with van der Waals surface area (Å²) in [7, 11) is 1.47. The lowest BCUT2D eigenvalue weighted by atomic mass is 10.2. The van der Waals surface area contributed by atoms with E-state index >= 15 is 0 Å². The Hall–Kier alpha value is -1.49. The molecule has 1 unspecified atom stereocenters. The van der Waals surface area contributed by atoms with Crippen molar-refractivity contribution < 1.29 is 9.13 Å². The molecule has 1 aliphatic heterocycles. The Morgan fingerprint density at radius 3 is 2.70 bits per heavy atom. The minimum Gasteiger partial charge on any atom is -0.494 e. The Balaban J connectivity index is 2.17. The van der Waals surface area contributed by atoms with Crippen molar-refractivity contribution in [3.05, 3.63) is 17.9 Å². The van der Waals surface area contributed by atoms with Crippen LogP contribution in [0.4, 0.5) is 15.8 Å². The summed E-state index contributed by atoms with van der Waals surface area (Å²) in [5.41, 5.74) is 7.31. The van der Waals surface area contributed by atoms with Gasteiger partial charge in [0.2, 0.25) is 0 Å². The standard InChI is InChI=1S/C15H24FN3O/c1-4-18(5-2)11-6-7-19(10-11)14-9-15(20-3)12(16)8-13(14)17/h8-9,11H,4-7,10,17H2,1-3H3. The van der Waals surface area contributed by atoms with Crippen LogP contribution in [0, 0.1) is 5.82 Å². The fraction of sp³-hybridized carbons (Fsp3) is 0.600. The first kappa shape index (κ1) is 14.9. The second-order valence-corrected chi connectivity index (χ2v) is 5.16. The highest BCUT2D eigenvalue weighted by Crippen LogP contribution is 2.33. The van der Waals surface area contributed by atoms with E-state index in [9.17, 15) is 4.39 Å². The Morgan fingerprint density at radius 2 is 2.10 bits per heavy atom. The van der Waals surface area contributed by atoms with Crippen LogP contribution in [0.1, 0.15) is 20.3 Å². The van der Waals surface area contributed by atoms with E-state index in [0.29, 0.717) is 11.7 Å². The SMILES string of the molecule is CCN(CC)C1CCN(c2cc(OC)c(F)cc2N)C1. The lowest BCUT2D eigenvalue weighted by Crippen LogP contribution is -2.37. The molecule has 0 amide bonds. The van der Waals surface area contributed by atoms with Crippen molar-refractivity contribution in [1.29, 1.82) is 0 Å². The number of anilines is 2. The maximum atomic E-state index is 13.6. The first-order valence-electron chi connectivity index (χ1n) is 7.22. The van der Waals surface area contributed by atoms with Gasteiger partial charge in [-0.15, -0.1) is 0 Å². The molecule has 0 radical (unpaired) electrons. The highest BCUT2D eigenvalue weighted by atomic mass is 19.1. The summed E-state index contributed by atoms with van der Waals surface area (Å²) in [5.74, 6) is -0.159. The van der Waals surface area contributed by atoms with Crippen LogP contribution in [0.2, 0.25) is 0 Å². The molecule has 1 aromatic carbocycles. The van der Waals surface area contributed by atoms with E-state index in [1.165, 1.54) is 13.2 Å². The molecule has 0 aromatic heterocycles. The van der Waals surface area contributed by atoms with Crippen LogP contribution >= 0.6 is 0 Å². The van der Waals surface area contributed by atoms with Crippen LogP contribution in [0.25, 0.3) is 0 Å². The molecule has 0 spiro atoms. The second kappa shape index (κ2) is 6.31. The average Bonchev–Trinajstić information content (AvgIpc) is 2.90. The van der Waals surface area contributed by atoms with E-state index in [2.05, 4.69) is 23.6 Å². The largest absolute Gasteiger partial charge is 0.494 e. The summed E-state index contributed by atoms with van der Waals surface area (Å²) in [6, 6.07) is 3.59. The molecule has 0 bridgehead atoms. The van der Waals surface area contributed by atoms with Crippen LogP contribution in [0.5, 0.6) is 5.75 Å². The smallest absolute Gasteiger partial charge is 0.167 e. The van der Waals surface area contributed by atoms with E-state index in [4.69, 9.17) is 10.5 Å². The van der Waals surface area contributed by atoms with Gasteiger partial charge in [0.25, 0.3) is 0 Å². The van der Waals surface area contributed by atoms with Gasteiger partial charge in [-0.05, 0) is 19.5 Å². The number of hydrogen-bond donors (Lipinski definition) is 1. The molecule has 1 aromatic rings. The predicted molar refractivity (Wildman–Crippen MR) is 80.9 cm³/mol. The minimum absolute atomic E-state index is 0.250. The summed E-state index contributed by atoms with van der Waals surface area (Å²) in [4.78, 5) is 4.68. The van der Waals surface area contributed by atoms with Crippen molar-refractivity contribution in [3.8, 4) is 5.75 Å². The molecule has 20 heavy (non-hydrogen) atoms. The third-order valence-electron chi connectivity index (χ3n) is 4.13. The monoisotopic (exact) mass is 281 g/mol. The maximum Gasteiger partial charge on any atom is 0.167 e. The third kappa shape index (κ3) is 2.82. The molecule has 4 nitrogen and oxygen atoms in total. The van der Waals surface area contributed by atoms with Gasteiger partial charge in [0, 0.05) is 31.3 Å². The lowest BCUT2D eigenvalue weighted by molar-refractivity contribution is 0.232. The van der Waals surface area contributed by atoms with Crippen LogP contribution in [-0.2, 0) is 0 Å². The van der Waals surface area contributed by atoms with Crippen LogP contribution in [0.3, 0.4) is 0 Å². The normalized spacial score (nSPS) is 18.9. The summed E-state index contributed by atoms with van der Waals surface area (Å²) in [6.07, 6.45) is 1.11. The first-order chi connectivity index (χ1) is 9.60. The minimum atomic E-state index is -0.409. The number of methoxy groups -OCH3 is 1. The highest BCUT2D eigenvalue weighted by Gasteiger charge is 2.27. The zero-order valence-electron chi connectivity index (χ0n) is 12.5. The van der Waals surface area contributed by atoms with Crippen LogP contribution in [-0.4, -0.2) is 44.2 Å². The van der Waals surface area contributed by atoms with Gasteiger partial charge >= 0.3 is 0 Å². The number of nitrogens with zero attached hydrogens (tertiary/aromatic N) is 2. The van der Waals surface area contributed by atoms with E-state index in [1.54, 1.807) is 6.07 Å². The molecule has 2 N–H and O–H groups in total. The molecule has 1 fully saturated rings. The van der Waals surface area contributed by atoms with E-state index in [-0.39, 0.29) is 5.75 Å². The Kier molecular flexibility index (Phi) is 4.70. The van der Waals surface area contributed by atoms with Crippen molar-refractivity contribution in [2.75, 3.05) is 43.9 Å². The van der Waals surface area contributed by atoms with Gasteiger partial charge in [0.05, 0.1) is 18.5 Å². The van der Waals surface area contributed by atoms with Crippen LogP contribution < -0.4 is 15.4 Å². The van der Waals surface area contributed by atoms with Crippen molar-refractivity contribution >= 4 is 11.4 Å². The molecular formula is C15H24FN3O. The number of likely N-dealkylation sites (N-methyl/N-ethyl adjacent to an activating group) is 1. The Bertz CT molecular complexity index is 463. The zero-order valence-corrected chi connectivity index (χ0v) is 12.5. The predicted octanol–water partition coefficient (Wildman–Crippen LogP) is 2.34.